The Morgan fingerprint density at radius 1 is 1.12 bits per heavy atom. The van der Waals surface area contributed by atoms with Gasteiger partial charge in [-0.15, -0.1) is 17.9 Å². The minimum absolute atomic E-state index is 0.172. The average molecular weight is 484 g/mol. The normalized spacial score (nSPS) is 11.6. The van der Waals surface area contributed by atoms with E-state index in [0.717, 1.165) is 10.6 Å². The molecule has 0 saturated carbocycles. The van der Waals surface area contributed by atoms with Crippen LogP contribution in [0.3, 0.4) is 0 Å². The number of carbonyl (C=O) groups excluding carboxylic acids is 1. The maximum Gasteiger partial charge on any atom is 0.342 e. The molecule has 0 bridgehead atoms. The number of carbonyl (C=O) groups is 1. The first-order chi connectivity index (χ1) is 16.5. The van der Waals surface area contributed by atoms with Gasteiger partial charge in [0, 0.05) is 22.1 Å². The van der Waals surface area contributed by atoms with Gasteiger partial charge in [0.05, 0.1) is 39.2 Å². The van der Waals surface area contributed by atoms with Crippen molar-refractivity contribution in [2.24, 2.45) is 0 Å². The lowest BCUT2D eigenvalue weighted by molar-refractivity contribution is 0.0589. The van der Waals surface area contributed by atoms with Gasteiger partial charge in [-0.25, -0.2) is 9.78 Å². The van der Waals surface area contributed by atoms with E-state index in [9.17, 15) is 9.90 Å². The van der Waals surface area contributed by atoms with Crippen LogP contribution in [-0.4, -0.2) is 43.5 Å². The molecule has 1 aromatic heterocycles. The molecule has 0 radical (unpaired) electrons. The van der Waals surface area contributed by atoms with E-state index in [1.165, 1.54) is 25.6 Å². The van der Waals surface area contributed by atoms with E-state index in [0.29, 0.717) is 47.3 Å². The van der Waals surface area contributed by atoms with Gasteiger partial charge < -0.3 is 24.1 Å². The molecule has 34 heavy (non-hydrogen) atoms. The molecule has 0 aliphatic rings. The van der Waals surface area contributed by atoms with Crippen molar-refractivity contribution in [1.82, 2.24) is 4.98 Å². The molecule has 1 atom stereocenters. The van der Waals surface area contributed by atoms with Gasteiger partial charge in [0.2, 0.25) is 0 Å². The number of thiazole rings is 1. The van der Waals surface area contributed by atoms with Crippen LogP contribution in [0.1, 0.15) is 42.3 Å². The van der Waals surface area contributed by atoms with E-state index in [1.807, 2.05) is 37.4 Å². The van der Waals surface area contributed by atoms with Crippen LogP contribution in [0.15, 0.2) is 48.4 Å². The van der Waals surface area contributed by atoms with Crippen molar-refractivity contribution >= 4 is 17.3 Å². The Morgan fingerprint density at radius 2 is 1.82 bits per heavy atom. The molecular weight excluding hydrogens is 454 g/mol. The lowest BCUT2D eigenvalue weighted by Gasteiger charge is -2.19. The van der Waals surface area contributed by atoms with E-state index < -0.39 is 12.1 Å². The Bertz CT molecular complexity index is 1160. The lowest BCUT2D eigenvalue weighted by Crippen LogP contribution is -2.13. The summed E-state index contributed by atoms with van der Waals surface area (Å²) in [4.78, 5) is 17.4. The van der Waals surface area contributed by atoms with Crippen LogP contribution in [0.2, 0.25) is 0 Å². The molecule has 1 unspecified atom stereocenters. The van der Waals surface area contributed by atoms with Crippen molar-refractivity contribution in [1.29, 1.82) is 0 Å². The van der Waals surface area contributed by atoms with Crippen molar-refractivity contribution in [3.63, 3.8) is 0 Å². The quantitative estimate of drug-likeness (QED) is 0.277. The summed E-state index contributed by atoms with van der Waals surface area (Å²) in [6.07, 6.45) is 0.853. The number of ether oxygens (including phenoxy) is 4. The van der Waals surface area contributed by atoms with E-state index in [4.69, 9.17) is 23.9 Å². The number of aliphatic hydroxyl groups excluding tert-OH is 1. The predicted molar refractivity (Wildman–Crippen MR) is 133 cm³/mol. The summed E-state index contributed by atoms with van der Waals surface area (Å²) in [7, 11) is 2.76. The van der Waals surface area contributed by atoms with Crippen molar-refractivity contribution in [3.8, 4) is 39.1 Å². The summed E-state index contributed by atoms with van der Waals surface area (Å²) in [6, 6.07) is 9.16. The Kier molecular flexibility index (Phi) is 8.67. The van der Waals surface area contributed by atoms with Crippen molar-refractivity contribution in [2.75, 3.05) is 27.4 Å². The standard InChI is InChI=1S/C26H29NO6S/c1-6-9-19(28)23-17(11-13-21(30-4)24(23)26(29)31-5)18-15-34-25(27-18)16-10-12-20(32-7-2)22(14-16)33-8-3/h6,10-15,19,28H,1,7-9H2,2-5H3. The number of rotatable bonds is 11. The Morgan fingerprint density at radius 3 is 2.47 bits per heavy atom. The van der Waals surface area contributed by atoms with Gasteiger partial charge in [-0.2, -0.15) is 0 Å². The van der Waals surface area contributed by atoms with Gasteiger partial charge in [0.1, 0.15) is 16.3 Å². The lowest BCUT2D eigenvalue weighted by atomic mass is 9.92. The maximum absolute atomic E-state index is 12.6. The minimum atomic E-state index is -0.989. The maximum atomic E-state index is 12.6. The van der Waals surface area contributed by atoms with Crippen LogP contribution in [-0.2, 0) is 4.74 Å². The van der Waals surface area contributed by atoms with Gasteiger partial charge in [0.15, 0.2) is 11.5 Å². The number of hydrogen-bond acceptors (Lipinski definition) is 8. The van der Waals surface area contributed by atoms with Gasteiger partial charge in [-0.05, 0) is 50.6 Å². The van der Waals surface area contributed by atoms with Gasteiger partial charge in [-0.1, -0.05) is 6.08 Å². The van der Waals surface area contributed by atoms with E-state index >= 15 is 0 Å². The van der Waals surface area contributed by atoms with Crippen LogP contribution in [0.25, 0.3) is 21.8 Å². The Balaban J connectivity index is 2.12. The topological polar surface area (TPSA) is 87.1 Å². The number of nitrogens with zero attached hydrogens (tertiary/aromatic N) is 1. The monoisotopic (exact) mass is 483 g/mol. The van der Waals surface area contributed by atoms with Gasteiger partial charge in [0.25, 0.3) is 0 Å². The first-order valence-corrected chi connectivity index (χ1v) is 11.8. The molecule has 0 aliphatic heterocycles. The molecule has 0 spiro atoms. The number of aliphatic hydroxyl groups is 1. The van der Waals surface area contributed by atoms with Crippen LogP contribution >= 0.6 is 11.3 Å². The molecule has 3 rings (SSSR count). The largest absolute Gasteiger partial charge is 0.496 e. The number of benzene rings is 2. The first-order valence-electron chi connectivity index (χ1n) is 10.9. The predicted octanol–water partition coefficient (Wildman–Crippen LogP) is 5.68. The zero-order valence-electron chi connectivity index (χ0n) is 19.8. The molecule has 1 N–H and O–H groups in total. The Labute approximate surface area is 203 Å². The van der Waals surface area contributed by atoms with Crippen LogP contribution < -0.4 is 14.2 Å². The highest BCUT2D eigenvalue weighted by atomic mass is 32.1. The molecule has 180 valence electrons. The summed E-state index contributed by atoms with van der Waals surface area (Å²) in [6.45, 7) is 8.60. The van der Waals surface area contributed by atoms with Crippen molar-refractivity contribution in [2.45, 2.75) is 26.4 Å². The molecular formula is C26H29NO6S. The van der Waals surface area contributed by atoms with Crippen LogP contribution in [0.4, 0.5) is 0 Å². The molecule has 0 amide bonds. The summed E-state index contributed by atoms with van der Waals surface area (Å²) in [5, 5.41) is 13.6. The molecule has 1 heterocycles. The van der Waals surface area contributed by atoms with Gasteiger partial charge >= 0.3 is 5.97 Å². The average Bonchev–Trinajstić information content (AvgIpc) is 3.34. The third-order valence-corrected chi connectivity index (χ3v) is 6.00. The molecule has 0 fully saturated rings. The molecule has 8 heteroatoms. The summed E-state index contributed by atoms with van der Waals surface area (Å²) in [5.74, 6) is 1.05. The third-order valence-electron chi connectivity index (χ3n) is 5.11. The second-order valence-electron chi connectivity index (χ2n) is 7.20. The highest BCUT2D eigenvalue weighted by Gasteiger charge is 2.27. The summed E-state index contributed by atoms with van der Waals surface area (Å²) in [5.41, 5.74) is 2.68. The second kappa shape index (κ2) is 11.7. The van der Waals surface area contributed by atoms with Crippen molar-refractivity contribution < 1.29 is 28.8 Å². The fourth-order valence-electron chi connectivity index (χ4n) is 3.64. The minimum Gasteiger partial charge on any atom is -0.496 e. The SMILES string of the molecule is C=CCC(O)c1c(-c2csc(-c3ccc(OCC)c(OCC)c3)n2)ccc(OC)c1C(=O)OC. The third kappa shape index (κ3) is 5.24. The molecule has 3 aromatic rings. The van der Waals surface area contributed by atoms with E-state index in [-0.39, 0.29) is 12.0 Å². The zero-order chi connectivity index (χ0) is 24.7. The zero-order valence-corrected chi connectivity index (χ0v) is 20.6. The number of hydrogen-bond donors (Lipinski definition) is 1. The van der Waals surface area contributed by atoms with Crippen LogP contribution in [0, 0.1) is 0 Å². The summed E-state index contributed by atoms with van der Waals surface area (Å²) >= 11 is 1.45. The number of methoxy groups -OCH3 is 2. The molecule has 2 aromatic carbocycles. The molecule has 0 aliphatic carbocycles. The fraction of sp³-hybridized carbons (Fsp3) is 0.308. The second-order valence-corrected chi connectivity index (χ2v) is 8.06. The number of aromatic nitrogens is 1. The summed E-state index contributed by atoms with van der Waals surface area (Å²) < 4.78 is 21.8. The molecule has 7 nitrogen and oxygen atoms in total. The van der Waals surface area contributed by atoms with E-state index in [1.54, 1.807) is 18.2 Å². The molecule has 0 saturated heterocycles. The van der Waals surface area contributed by atoms with Gasteiger partial charge in [-0.3, -0.25) is 0 Å². The van der Waals surface area contributed by atoms with Crippen molar-refractivity contribution in [3.05, 3.63) is 59.5 Å². The van der Waals surface area contributed by atoms with Crippen LogP contribution in [0.5, 0.6) is 17.2 Å². The Hall–Kier alpha value is -3.36. The highest BCUT2D eigenvalue weighted by Crippen LogP contribution is 2.40. The fourth-order valence-corrected chi connectivity index (χ4v) is 4.46. The van der Waals surface area contributed by atoms with E-state index in [2.05, 4.69) is 6.58 Å². The smallest absolute Gasteiger partial charge is 0.342 e. The number of esters is 1. The first kappa shape index (κ1) is 25.3. The highest BCUT2D eigenvalue weighted by molar-refractivity contribution is 7.13.